The Morgan fingerprint density at radius 2 is 1.38 bits per heavy atom. The van der Waals surface area contributed by atoms with Crippen molar-refractivity contribution in [3.8, 4) is 0 Å². The second-order valence-electron chi connectivity index (χ2n) is 3.91. The SMILES string of the molecule is O=[N+]([O-])c1ccc(N=NCN=Nc2ccc(S)cc2)cc1. The van der Waals surface area contributed by atoms with E-state index in [1.54, 1.807) is 12.1 Å². The average Bonchev–Trinajstić information content (AvgIpc) is 2.49. The summed E-state index contributed by atoms with van der Waals surface area (Å²) >= 11 is 4.17. The van der Waals surface area contributed by atoms with Crippen LogP contribution in [-0.2, 0) is 0 Å². The van der Waals surface area contributed by atoms with E-state index in [1.807, 2.05) is 12.1 Å². The third-order valence-electron chi connectivity index (χ3n) is 2.41. The Kier molecular flexibility index (Phi) is 5.10. The Bertz CT molecular complexity index is 668. The molecule has 2 aromatic carbocycles. The van der Waals surface area contributed by atoms with E-state index in [9.17, 15) is 10.1 Å². The van der Waals surface area contributed by atoms with Gasteiger partial charge in [0.1, 0.15) is 0 Å². The fourth-order valence-corrected chi connectivity index (χ4v) is 1.56. The maximum Gasteiger partial charge on any atom is 0.269 e. The average molecular weight is 301 g/mol. The van der Waals surface area contributed by atoms with E-state index >= 15 is 0 Å². The summed E-state index contributed by atoms with van der Waals surface area (Å²) in [6.07, 6.45) is 0. The van der Waals surface area contributed by atoms with Gasteiger partial charge in [0.25, 0.3) is 5.69 Å². The summed E-state index contributed by atoms with van der Waals surface area (Å²) in [7, 11) is 0. The number of hydrogen-bond donors (Lipinski definition) is 1. The molecular weight excluding hydrogens is 290 g/mol. The van der Waals surface area contributed by atoms with Crippen LogP contribution in [0.3, 0.4) is 0 Å². The number of nitrogens with zero attached hydrogens (tertiary/aromatic N) is 5. The maximum absolute atomic E-state index is 10.5. The van der Waals surface area contributed by atoms with Crippen LogP contribution in [0.25, 0.3) is 0 Å². The first-order valence-corrected chi connectivity index (χ1v) is 6.38. The van der Waals surface area contributed by atoms with Crippen LogP contribution >= 0.6 is 12.6 Å². The molecule has 106 valence electrons. The molecular formula is C13H11N5O2S. The van der Waals surface area contributed by atoms with Gasteiger partial charge in [-0.1, -0.05) is 0 Å². The lowest BCUT2D eigenvalue weighted by Gasteiger charge is -1.93. The zero-order chi connectivity index (χ0) is 15.1. The third kappa shape index (κ3) is 4.77. The molecule has 7 nitrogen and oxygen atoms in total. The summed E-state index contributed by atoms with van der Waals surface area (Å²) in [4.78, 5) is 10.9. The summed E-state index contributed by atoms with van der Waals surface area (Å²) in [6, 6.07) is 13.0. The summed E-state index contributed by atoms with van der Waals surface area (Å²) in [6.45, 7) is 0.0830. The zero-order valence-corrected chi connectivity index (χ0v) is 11.7. The molecule has 0 radical (unpaired) electrons. The van der Waals surface area contributed by atoms with Crippen molar-refractivity contribution in [1.29, 1.82) is 0 Å². The van der Waals surface area contributed by atoms with Crippen LogP contribution in [0.2, 0.25) is 0 Å². The zero-order valence-electron chi connectivity index (χ0n) is 10.8. The van der Waals surface area contributed by atoms with Crippen LogP contribution in [0, 0.1) is 10.1 Å². The van der Waals surface area contributed by atoms with Crippen LogP contribution < -0.4 is 0 Å². The molecule has 0 aliphatic heterocycles. The molecule has 0 unspecified atom stereocenters. The highest BCUT2D eigenvalue weighted by Crippen LogP contribution is 2.18. The van der Waals surface area contributed by atoms with E-state index in [0.717, 1.165) is 4.90 Å². The van der Waals surface area contributed by atoms with Gasteiger partial charge in [-0.25, -0.2) is 0 Å². The highest BCUT2D eigenvalue weighted by Gasteiger charge is 2.02. The van der Waals surface area contributed by atoms with Gasteiger partial charge in [0.2, 0.25) is 0 Å². The summed E-state index contributed by atoms with van der Waals surface area (Å²) < 4.78 is 0. The van der Waals surface area contributed by atoms with Crippen LogP contribution in [0.15, 0.2) is 73.9 Å². The molecule has 0 heterocycles. The lowest BCUT2D eigenvalue weighted by Crippen LogP contribution is -1.85. The molecule has 0 bridgehead atoms. The minimum absolute atomic E-state index is 0.0151. The summed E-state index contributed by atoms with van der Waals surface area (Å²) in [5.74, 6) is 0. The summed E-state index contributed by atoms with van der Waals surface area (Å²) in [5, 5.41) is 26.0. The lowest BCUT2D eigenvalue weighted by atomic mass is 10.3. The van der Waals surface area contributed by atoms with Gasteiger partial charge in [0.15, 0.2) is 6.67 Å². The molecule has 2 aromatic rings. The minimum atomic E-state index is -0.467. The number of hydrogen-bond acceptors (Lipinski definition) is 7. The van der Waals surface area contributed by atoms with E-state index in [0.29, 0.717) is 11.4 Å². The third-order valence-corrected chi connectivity index (χ3v) is 2.71. The molecule has 0 spiro atoms. The predicted octanol–water partition coefficient (Wildman–Crippen LogP) is 4.71. The van der Waals surface area contributed by atoms with Crippen molar-refractivity contribution in [2.24, 2.45) is 20.5 Å². The fraction of sp³-hybridized carbons (Fsp3) is 0.0769. The predicted molar refractivity (Wildman–Crippen MR) is 80.7 cm³/mol. The number of nitro benzene ring substituents is 1. The summed E-state index contributed by atoms with van der Waals surface area (Å²) in [5.41, 5.74) is 1.25. The molecule has 2 rings (SSSR count). The Labute approximate surface area is 126 Å². The highest BCUT2D eigenvalue weighted by molar-refractivity contribution is 7.80. The van der Waals surface area contributed by atoms with Crippen molar-refractivity contribution in [1.82, 2.24) is 0 Å². The Hall–Kier alpha value is -2.61. The van der Waals surface area contributed by atoms with Crippen molar-refractivity contribution in [2.75, 3.05) is 6.67 Å². The second-order valence-corrected chi connectivity index (χ2v) is 4.43. The monoisotopic (exact) mass is 301 g/mol. The largest absolute Gasteiger partial charge is 0.269 e. The molecule has 8 heteroatoms. The quantitative estimate of drug-likeness (QED) is 0.375. The molecule has 0 atom stereocenters. The van der Waals surface area contributed by atoms with Gasteiger partial charge < -0.3 is 0 Å². The molecule has 0 aliphatic rings. The van der Waals surface area contributed by atoms with Crippen LogP contribution in [0.4, 0.5) is 17.1 Å². The first kappa shape index (κ1) is 14.8. The van der Waals surface area contributed by atoms with Crippen molar-refractivity contribution < 1.29 is 4.92 Å². The van der Waals surface area contributed by atoms with Gasteiger partial charge in [-0.3, -0.25) is 10.1 Å². The van der Waals surface area contributed by atoms with Gasteiger partial charge in [-0.05, 0) is 36.4 Å². The number of nitro groups is 1. The molecule has 21 heavy (non-hydrogen) atoms. The van der Waals surface area contributed by atoms with Gasteiger partial charge in [0, 0.05) is 17.0 Å². The smallest absolute Gasteiger partial charge is 0.258 e. The minimum Gasteiger partial charge on any atom is -0.258 e. The van der Waals surface area contributed by atoms with E-state index in [1.165, 1.54) is 24.3 Å². The molecule has 0 saturated carbocycles. The molecule has 0 aromatic heterocycles. The standard InChI is InChI=1S/C13H11N5O2S/c19-18(20)12-5-1-10(2-6-12)16-14-9-15-17-11-3-7-13(21)8-4-11/h1-8,21H,9H2. The normalized spacial score (nSPS) is 11.3. The highest BCUT2D eigenvalue weighted by atomic mass is 32.1. The topological polar surface area (TPSA) is 92.6 Å². The van der Waals surface area contributed by atoms with Crippen molar-refractivity contribution in [2.45, 2.75) is 4.90 Å². The number of rotatable bonds is 5. The number of thiol groups is 1. The van der Waals surface area contributed by atoms with Gasteiger partial charge in [0.05, 0.1) is 16.3 Å². The van der Waals surface area contributed by atoms with Gasteiger partial charge in [-0.15, -0.1) is 12.6 Å². The number of non-ortho nitro benzene ring substituents is 1. The van der Waals surface area contributed by atoms with Crippen molar-refractivity contribution in [3.63, 3.8) is 0 Å². The number of benzene rings is 2. The Morgan fingerprint density at radius 1 is 0.905 bits per heavy atom. The lowest BCUT2D eigenvalue weighted by molar-refractivity contribution is -0.384. The molecule has 0 saturated heterocycles. The van der Waals surface area contributed by atoms with Crippen LogP contribution in [0.5, 0.6) is 0 Å². The second kappa shape index (κ2) is 7.25. The Morgan fingerprint density at radius 3 is 1.86 bits per heavy atom. The first-order valence-electron chi connectivity index (χ1n) is 5.93. The Balaban J connectivity index is 1.87. The molecule has 0 amide bonds. The molecule has 0 N–H and O–H groups in total. The van der Waals surface area contributed by atoms with Crippen LogP contribution in [-0.4, -0.2) is 11.6 Å². The van der Waals surface area contributed by atoms with Gasteiger partial charge >= 0.3 is 0 Å². The van der Waals surface area contributed by atoms with E-state index in [2.05, 4.69) is 33.1 Å². The number of azo groups is 2. The maximum atomic E-state index is 10.5. The van der Waals surface area contributed by atoms with E-state index in [4.69, 9.17) is 0 Å². The molecule has 0 fully saturated rings. The fourth-order valence-electron chi connectivity index (χ4n) is 1.42. The van der Waals surface area contributed by atoms with Crippen LogP contribution in [0.1, 0.15) is 0 Å². The first-order chi connectivity index (χ1) is 10.1. The van der Waals surface area contributed by atoms with Gasteiger partial charge in [-0.2, -0.15) is 20.5 Å². The van der Waals surface area contributed by atoms with E-state index < -0.39 is 4.92 Å². The van der Waals surface area contributed by atoms with Crippen molar-refractivity contribution in [3.05, 3.63) is 58.6 Å². The molecule has 0 aliphatic carbocycles. The van der Waals surface area contributed by atoms with Crippen molar-refractivity contribution >= 4 is 29.7 Å². The van der Waals surface area contributed by atoms with E-state index in [-0.39, 0.29) is 12.4 Å².